The number of Topliss-reactive ketones (excluding diaryl/α,β-unsaturated/α-hetero) is 1. The molecule has 0 aliphatic carbocycles. The number of anilines is 1. The normalized spacial score (nSPS) is 10.1. The van der Waals surface area contributed by atoms with Gasteiger partial charge in [0, 0.05) is 11.9 Å². The van der Waals surface area contributed by atoms with Gasteiger partial charge in [0.1, 0.15) is 5.78 Å². The Hall–Kier alpha value is -2.43. The summed E-state index contributed by atoms with van der Waals surface area (Å²) >= 11 is 0. The van der Waals surface area contributed by atoms with Crippen LogP contribution in [0.2, 0.25) is 0 Å². The molecule has 1 aromatic heterocycles. The average Bonchev–Trinajstić information content (AvgIpc) is 2.82. The quantitative estimate of drug-likeness (QED) is 0.806. The maximum Gasteiger partial charge on any atom is 0.231 e. The van der Waals surface area contributed by atoms with Gasteiger partial charge in [-0.05, 0) is 30.7 Å². The Morgan fingerprint density at radius 1 is 1.22 bits per heavy atom. The predicted octanol–water partition coefficient (Wildman–Crippen LogP) is 1.99. The monoisotopic (exact) mass is 243 g/mol. The average molecular weight is 243 g/mol. The lowest BCUT2D eigenvalue weighted by Gasteiger charge is -2.04. The number of rotatable bonds is 4. The van der Waals surface area contributed by atoms with E-state index in [1.807, 2.05) is 18.2 Å². The van der Waals surface area contributed by atoms with Crippen molar-refractivity contribution < 1.29 is 9.59 Å². The fourth-order valence-electron chi connectivity index (χ4n) is 1.58. The maximum absolute atomic E-state index is 11.4. The number of hydrogen-bond acceptors (Lipinski definition) is 3. The number of hydrogen-bond donors (Lipinski definition) is 2. The first-order valence-corrected chi connectivity index (χ1v) is 5.54. The van der Waals surface area contributed by atoms with Crippen LogP contribution in [0, 0.1) is 0 Å². The minimum Gasteiger partial charge on any atom is -0.326 e. The molecule has 0 aliphatic rings. The van der Waals surface area contributed by atoms with Crippen molar-refractivity contribution in [2.45, 2.75) is 13.3 Å². The van der Waals surface area contributed by atoms with Gasteiger partial charge in [0.05, 0.1) is 12.1 Å². The van der Waals surface area contributed by atoms with E-state index >= 15 is 0 Å². The molecule has 0 radical (unpaired) electrons. The molecule has 0 aliphatic heterocycles. The highest BCUT2D eigenvalue weighted by Gasteiger charge is 2.05. The smallest absolute Gasteiger partial charge is 0.231 e. The second kappa shape index (κ2) is 5.27. The number of carbonyl (C=O) groups excluding carboxylic acids is 2. The summed E-state index contributed by atoms with van der Waals surface area (Å²) in [6, 6.07) is 9.18. The Morgan fingerprint density at radius 2 is 1.94 bits per heavy atom. The Kier molecular flexibility index (Phi) is 3.52. The molecule has 1 aromatic carbocycles. The van der Waals surface area contributed by atoms with Crippen molar-refractivity contribution in [3.8, 4) is 11.3 Å². The van der Waals surface area contributed by atoms with E-state index in [1.165, 1.54) is 6.92 Å². The van der Waals surface area contributed by atoms with Crippen LogP contribution in [0.4, 0.5) is 5.69 Å². The van der Waals surface area contributed by atoms with Crippen LogP contribution in [0.5, 0.6) is 0 Å². The third-order valence-electron chi connectivity index (χ3n) is 2.39. The molecule has 1 heterocycles. The van der Waals surface area contributed by atoms with Crippen LogP contribution < -0.4 is 5.32 Å². The number of carbonyl (C=O) groups is 2. The molecule has 0 fully saturated rings. The van der Waals surface area contributed by atoms with Gasteiger partial charge in [0.25, 0.3) is 0 Å². The van der Waals surface area contributed by atoms with E-state index in [0.717, 1.165) is 11.3 Å². The van der Waals surface area contributed by atoms with Gasteiger partial charge in [-0.1, -0.05) is 12.1 Å². The van der Waals surface area contributed by atoms with Gasteiger partial charge in [-0.2, -0.15) is 5.10 Å². The Balaban J connectivity index is 2.04. The highest BCUT2D eigenvalue weighted by Crippen LogP contribution is 2.18. The minimum atomic E-state index is -0.295. The number of aromatic nitrogens is 2. The molecule has 0 saturated heterocycles. The Morgan fingerprint density at radius 3 is 2.50 bits per heavy atom. The molecule has 2 aromatic rings. The fraction of sp³-hybridized carbons (Fsp3) is 0.154. The van der Waals surface area contributed by atoms with Crippen LogP contribution >= 0.6 is 0 Å². The van der Waals surface area contributed by atoms with E-state index in [2.05, 4.69) is 15.5 Å². The van der Waals surface area contributed by atoms with Crippen molar-refractivity contribution in [3.05, 3.63) is 36.5 Å². The number of aromatic amines is 1. The first-order chi connectivity index (χ1) is 8.65. The minimum absolute atomic E-state index is 0.0949. The van der Waals surface area contributed by atoms with Crippen LogP contribution in [-0.4, -0.2) is 21.9 Å². The lowest BCUT2D eigenvalue weighted by molar-refractivity contribution is -0.124. The molecule has 92 valence electrons. The van der Waals surface area contributed by atoms with E-state index in [0.29, 0.717) is 5.69 Å². The molecule has 0 atom stereocenters. The molecular weight excluding hydrogens is 230 g/mol. The lowest BCUT2D eigenvalue weighted by Crippen LogP contribution is -2.14. The van der Waals surface area contributed by atoms with Crippen LogP contribution in [-0.2, 0) is 9.59 Å². The SMILES string of the molecule is CC(=O)CC(=O)Nc1ccc(-c2ccn[nH]2)cc1. The van der Waals surface area contributed by atoms with Crippen LogP contribution in [0.15, 0.2) is 36.5 Å². The van der Waals surface area contributed by atoms with Gasteiger partial charge in [0.15, 0.2) is 0 Å². The van der Waals surface area contributed by atoms with Crippen molar-refractivity contribution in [3.63, 3.8) is 0 Å². The number of amides is 1. The molecule has 5 heteroatoms. The summed E-state index contributed by atoms with van der Waals surface area (Å²) in [4.78, 5) is 22.2. The van der Waals surface area contributed by atoms with Crippen molar-refractivity contribution >= 4 is 17.4 Å². The van der Waals surface area contributed by atoms with Crippen LogP contribution in [0.25, 0.3) is 11.3 Å². The molecule has 0 bridgehead atoms. The molecule has 18 heavy (non-hydrogen) atoms. The topological polar surface area (TPSA) is 74.8 Å². The van der Waals surface area contributed by atoms with Crippen molar-refractivity contribution in [2.75, 3.05) is 5.32 Å². The third-order valence-corrected chi connectivity index (χ3v) is 2.39. The second-order valence-corrected chi connectivity index (χ2v) is 3.97. The zero-order valence-electron chi connectivity index (χ0n) is 9.93. The molecular formula is C13H13N3O2. The summed E-state index contributed by atoms with van der Waals surface area (Å²) in [6.07, 6.45) is 1.58. The molecule has 2 rings (SSSR count). The van der Waals surface area contributed by atoms with E-state index in [1.54, 1.807) is 18.3 Å². The van der Waals surface area contributed by atoms with E-state index in [9.17, 15) is 9.59 Å². The lowest BCUT2D eigenvalue weighted by atomic mass is 10.1. The summed E-state index contributed by atoms with van der Waals surface area (Å²) in [5.41, 5.74) is 2.57. The predicted molar refractivity (Wildman–Crippen MR) is 68.0 cm³/mol. The standard InChI is InChI=1S/C13H13N3O2/c1-9(17)8-13(18)15-11-4-2-10(3-5-11)12-6-7-14-16-12/h2-7H,8H2,1H3,(H,14,16)(H,15,18). The Bertz CT molecular complexity index is 544. The molecule has 0 saturated carbocycles. The van der Waals surface area contributed by atoms with E-state index in [-0.39, 0.29) is 18.1 Å². The number of nitrogens with one attached hydrogen (secondary N) is 2. The van der Waals surface area contributed by atoms with Crippen molar-refractivity contribution in [1.29, 1.82) is 0 Å². The first-order valence-electron chi connectivity index (χ1n) is 5.54. The Labute approximate surface area is 104 Å². The molecule has 0 spiro atoms. The third kappa shape index (κ3) is 3.04. The van der Waals surface area contributed by atoms with Crippen LogP contribution in [0.3, 0.4) is 0 Å². The zero-order valence-corrected chi connectivity index (χ0v) is 9.93. The largest absolute Gasteiger partial charge is 0.326 e. The van der Waals surface area contributed by atoms with Gasteiger partial charge in [-0.25, -0.2) is 0 Å². The number of H-pyrrole nitrogens is 1. The fourth-order valence-corrected chi connectivity index (χ4v) is 1.58. The van der Waals surface area contributed by atoms with Gasteiger partial charge in [-0.3, -0.25) is 14.7 Å². The highest BCUT2D eigenvalue weighted by molar-refractivity contribution is 6.03. The number of ketones is 1. The van der Waals surface area contributed by atoms with Gasteiger partial charge >= 0.3 is 0 Å². The highest BCUT2D eigenvalue weighted by atomic mass is 16.2. The summed E-state index contributed by atoms with van der Waals surface area (Å²) in [7, 11) is 0. The van der Waals surface area contributed by atoms with Gasteiger partial charge < -0.3 is 5.32 Å². The summed E-state index contributed by atoms with van der Waals surface area (Å²) < 4.78 is 0. The molecule has 0 unspecified atom stereocenters. The van der Waals surface area contributed by atoms with Crippen molar-refractivity contribution in [1.82, 2.24) is 10.2 Å². The first kappa shape index (κ1) is 12.0. The van der Waals surface area contributed by atoms with Crippen molar-refractivity contribution in [2.24, 2.45) is 0 Å². The maximum atomic E-state index is 11.4. The summed E-state index contributed by atoms with van der Waals surface area (Å²) in [5.74, 6) is -0.446. The second-order valence-electron chi connectivity index (χ2n) is 3.97. The van der Waals surface area contributed by atoms with Gasteiger partial charge in [-0.15, -0.1) is 0 Å². The molecule has 2 N–H and O–H groups in total. The number of nitrogens with zero attached hydrogens (tertiary/aromatic N) is 1. The van der Waals surface area contributed by atoms with Gasteiger partial charge in [0.2, 0.25) is 5.91 Å². The van der Waals surface area contributed by atoms with E-state index < -0.39 is 0 Å². The van der Waals surface area contributed by atoms with E-state index in [4.69, 9.17) is 0 Å². The zero-order chi connectivity index (χ0) is 13.0. The number of benzene rings is 1. The summed E-state index contributed by atoms with van der Waals surface area (Å²) in [5, 5.41) is 9.39. The molecule has 5 nitrogen and oxygen atoms in total. The van der Waals surface area contributed by atoms with Crippen LogP contribution in [0.1, 0.15) is 13.3 Å². The molecule has 1 amide bonds. The summed E-state index contributed by atoms with van der Waals surface area (Å²) in [6.45, 7) is 1.39.